The fraction of sp³-hybridized carbons (Fsp3) is 0.833. The average Bonchev–Trinajstić information content (AvgIpc) is 2.49. The van der Waals surface area contributed by atoms with Crippen molar-refractivity contribution in [2.24, 2.45) is 0 Å². The third kappa shape index (κ3) is 56.3. The van der Waals surface area contributed by atoms with Crippen molar-refractivity contribution >= 4 is 16.4 Å². The van der Waals surface area contributed by atoms with Gasteiger partial charge in [0.05, 0.1) is 0 Å². The lowest BCUT2D eigenvalue weighted by molar-refractivity contribution is -0.137. The fourth-order valence-corrected chi connectivity index (χ4v) is 2.35. The SMILES string of the molecule is CCCCCCCC/C=C\CCCCCCCC(=O)O.N.N.N.O=S(=O)(O)O. The molecule has 10 heteroatoms. The Hall–Kier alpha value is -1.04. The van der Waals surface area contributed by atoms with Crippen LogP contribution in [0.5, 0.6) is 0 Å². The van der Waals surface area contributed by atoms with E-state index < -0.39 is 16.4 Å². The third-order valence-corrected chi connectivity index (χ3v) is 3.65. The lowest BCUT2D eigenvalue weighted by Gasteiger charge is -1.99. The van der Waals surface area contributed by atoms with E-state index in [1.165, 1.54) is 70.6 Å². The van der Waals surface area contributed by atoms with Crippen molar-refractivity contribution in [1.82, 2.24) is 18.5 Å². The first-order chi connectivity index (χ1) is 11.8. The second kappa shape index (κ2) is 28.2. The molecular weight excluding hydrogens is 386 g/mol. The second-order valence-electron chi connectivity index (χ2n) is 6.18. The van der Waals surface area contributed by atoms with Crippen LogP contribution in [0.1, 0.15) is 96.8 Å². The zero-order chi connectivity index (χ0) is 19.4. The number of carbonyl (C=O) groups is 1. The fourth-order valence-electron chi connectivity index (χ4n) is 2.35. The van der Waals surface area contributed by atoms with Crippen molar-refractivity contribution in [2.75, 3.05) is 0 Å². The van der Waals surface area contributed by atoms with Crippen LogP contribution in [0.15, 0.2) is 12.2 Å². The molecule has 0 unspecified atom stereocenters. The molecule has 0 aliphatic carbocycles. The smallest absolute Gasteiger partial charge is 0.394 e. The number of hydrogen-bond donors (Lipinski definition) is 6. The Bertz CT molecular complexity index is 423. The first-order valence-electron chi connectivity index (χ1n) is 9.34. The van der Waals surface area contributed by atoms with E-state index in [2.05, 4.69) is 19.1 Å². The summed E-state index contributed by atoms with van der Waals surface area (Å²) >= 11 is 0. The van der Waals surface area contributed by atoms with Gasteiger partial charge in [-0.05, 0) is 32.1 Å². The Morgan fingerprint density at radius 3 is 1.39 bits per heavy atom. The number of rotatable bonds is 15. The molecule has 0 fully saturated rings. The highest BCUT2D eigenvalue weighted by Crippen LogP contribution is 2.09. The minimum Gasteiger partial charge on any atom is -0.481 e. The molecule has 0 atom stereocenters. The Morgan fingerprint density at radius 1 is 0.714 bits per heavy atom. The van der Waals surface area contributed by atoms with E-state index in [-0.39, 0.29) is 18.5 Å². The molecule has 0 aromatic heterocycles. The molecule has 0 heterocycles. The summed E-state index contributed by atoms with van der Waals surface area (Å²) in [5, 5.41) is 8.51. The zero-order valence-electron chi connectivity index (χ0n) is 17.7. The molecule has 0 amide bonds. The number of carboxylic acids is 1. The highest BCUT2D eigenvalue weighted by atomic mass is 32.3. The van der Waals surface area contributed by atoms with Gasteiger partial charge in [0.2, 0.25) is 0 Å². The zero-order valence-corrected chi connectivity index (χ0v) is 18.5. The van der Waals surface area contributed by atoms with Gasteiger partial charge in [0.15, 0.2) is 0 Å². The number of allylic oxidation sites excluding steroid dienone is 2. The molecule has 174 valence electrons. The quantitative estimate of drug-likeness (QED) is 0.102. The van der Waals surface area contributed by atoms with E-state index in [4.69, 9.17) is 22.6 Å². The number of unbranched alkanes of at least 4 members (excludes halogenated alkanes) is 11. The normalized spacial score (nSPS) is 10.1. The van der Waals surface area contributed by atoms with E-state index in [1.807, 2.05) is 0 Å². The van der Waals surface area contributed by atoms with Crippen LogP contribution in [0.25, 0.3) is 0 Å². The summed E-state index contributed by atoms with van der Waals surface area (Å²) in [4.78, 5) is 10.3. The standard InChI is InChI=1S/C18H34O2.3H3N.H2O4S/c1-2-3-4-5-6-7-8-9-10-11-12-13-14-15-16-17-18(19)20;;;;1-5(2,3)4/h9-10H,2-8,11-17H2,1H3,(H,19,20);3*1H3;(H2,1,2,3,4)/b10-9-;;;;. The van der Waals surface area contributed by atoms with Crippen molar-refractivity contribution in [3.63, 3.8) is 0 Å². The molecule has 0 aromatic carbocycles. The van der Waals surface area contributed by atoms with Gasteiger partial charge < -0.3 is 23.6 Å². The summed E-state index contributed by atoms with van der Waals surface area (Å²) in [7, 11) is -4.67. The van der Waals surface area contributed by atoms with Gasteiger partial charge in [-0.1, -0.05) is 70.4 Å². The molecule has 0 saturated carbocycles. The topological polar surface area (TPSA) is 217 Å². The lowest BCUT2D eigenvalue weighted by atomic mass is 10.1. The highest BCUT2D eigenvalue weighted by Gasteiger charge is 1.95. The molecule has 0 bridgehead atoms. The van der Waals surface area contributed by atoms with Crippen LogP contribution >= 0.6 is 0 Å². The van der Waals surface area contributed by atoms with E-state index in [0.717, 1.165) is 12.8 Å². The number of aliphatic carboxylic acids is 1. The van der Waals surface area contributed by atoms with Gasteiger partial charge in [0, 0.05) is 6.42 Å². The summed E-state index contributed by atoms with van der Waals surface area (Å²) < 4.78 is 31.6. The van der Waals surface area contributed by atoms with Crippen LogP contribution < -0.4 is 18.5 Å². The van der Waals surface area contributed by atoms with Crippen molar-refractivity contribution in [2.45, 2.75) is 96.8 Å². The molecule has 0 aromatic rings. The van der Waals surface area contributed by atoms with Gasteiger partial charge >= 0.3 is 16.4 Å². The Morgan fingerprint density at radius 2 is 1.04 bits per heavy atom. The van der Waals surface area contributed by atoms with E-state index in [0.29, 0.717) is 6.42 Å². The Kier molecular flexibility index (Phi) is 37.9. The van der Waals surface area contributed by atoms with Crippen LogP contribution in [0.3, 0.4) is 0 Å². The maximum absolute atomic E-state index is 10.3. The van der Waals surface area contributed by atoms with Crippen molar-refractivity contribution in [3.8, 4) is 0 Å². The van der Waals surface area contributed by atoms with E-state index >= 15 is 0 Å². The van der Waals surface area contributed by atoms with Gasteiger partial charge in [-0.25, -0.2) is 0 Å². The Balaban J connectivity index is -0.000000195. The third-order valence-electron chi connectivity index (χ3n) is 3.65. The lowest BCUT2D eigenvalue weighted by Crippen LogP contribution is -1.93. The summed E-state index contributed by atoms with van der Waals surface area (Å²) in [5.41, 5.74) is 0. The minimum atomic E-state index is -4.67. The molecule has 0 radical (unpaired) electrons. The maximum atomic E-state index is 10.3. The van der Waals surface area contributed by atoms with Gasteiger partial charge in [-0.15, -0.1) is 0 Å². The van der Waals surface area contributed by atoms with Gasteiger partial charge in [0.1, 0.15) is 0 Å². The van der Waals surface area contributed by atoms with E-state index in [1.54, 1.807) is 0 Å². The van der Waals surface area contributed by atoms with E-state index in [9.17, 15) is 4.79 Å². The predicted octanol–water partition coefficient (Wildman–Crippen LogP) is 5.94. The number of hydrogen-bond acceptors (Lipinski definition) is 6. The van der Waals surface area contributed by atoms with Crippen LogP contribution in [0.2, 0.25) is 0 Å². The Labute approximate surface area is 171 Å². The highest BCUT2D eigenvalue weighted by molar-refractivity contribution is 7.79. The van der Waals surface area contributed by atoms with Gasteiger partial charge in [0.25, 0.3) is 0 Å². The molecular formula is C18H45N3O6S. The van der Waals surface area contributed by atoms with Gasteiger partial charge in [-0.2, -0.15) is 8.42 Å². The molecule has 0 aliphatic rings. The summed E-state index contributed by atoms with van der Waals surface area (Å²) in [6, 6.07) is 0. The molecule has 0 spiro atoms. The molecule has 12 N–H and O–H groups in total. The molecule has 0 saturated heterocycles. The number of carboxylic acid groups (broad SMARTS) is 1. The molecule has 28 heavy (non-hydrogen) atoms. The van der Waals surface area contributed by atoms with Gasteiger partial charge in [-0.3, -0.25) is 13.9 Å². The van der Waals surface area contributed by atoms with Crippen LogP contribution in [-0.2, 0) is 15.2 Å². The maximum Gasteiger partial charge on any atom is 0.394 e. The van der Waals surface area contributed by atoms with Crippen LogP contribution in [-0.4, -0.2) is 28.6 Å². The molecule has 0 aliphatic heterocycles. The molecule has 9 nitrogen and oxygen atoms in total. The average molecular weight is 432 g/mol. The summed E-state index contributed by atoms with van der Waals surface area (Å²) in [5.74, 6) is -0.664. The predicted molar refractivity (Wildman–Crippen MR) is 116 cm³/mol. The van der Waals surface area contributed by atoms with Crippen molar-refractivity contribution in [1.29, 1.82) is 0 Å². The first kappa shape index (κ1) is 37.7. The van der Waals surface area contributed by atoms with Crippen molar-refractivity contribution < 1.29 is 27.4 Å². The minimum absolute atomic E-state index is 0. The summed E-state index contributed by atoms with van der Waals surface area (Å²) in [6.07, 6.45) is 21.2. The molecule has 0 rings (SSSR count). The van der Waals surface area contributed by atoms with Crippen molar-refractivity contribution in [3.05, 3.63) is 12.2 Å². The van der Waals surface area contributed by atoms with Crippen LogP contribution in [0.4, 0.5) is 0 Å². The second-order valence-corrected chi connectivity index (χ2v) is 7.07. The first-order valence-corrected chi connectivity index (χ1v) is 10.7. The van der Waals surface area contributed by atoms with Crippen LogP contribution in [0, 0.1) is 0 Å². The monoisotopic (exact) mass is 431 g/mol. The largest absolute Gasteiger partial charge is 0.481 e. The summed E-state index contributed by atoms with van der Waals surface area (Å²) in [6.45, 7) is 2.26.